The molecule has 0 radical (unpaired) electrons. The minimum Gasteiger partial charge on any atom is -0.361 e. The van der Waals surface area contributed by atoms with Gasteiger partial charge in [0, 0.05) is 18.7 Å². The van der Waals surface area contributed by atoms with Crippen molar-refractivity contribution in [2.45, 2.75) is 45.6 Å². The van der Waals surface area contributed by atoms with Gasteiger partial charge in [0.25, 0.3) is 5.91 Å². The maximum Gasteiger partial charge on any atom is 0.293 e. The number of aryl methyl sites for hydroxylation is 1. The van der Waals surface area contributed by atoms with Gasteiger partial charge in [-0.1, -0.05) is 24.2 Å². The second kappa shape index (κ2) is 5.35. The Kier molecular flexibility index (Phi) is 3.53. The summed E-state index contributed by atoms with van der Waals surface area (Å²) in [6.45, 7) is 6.59. The van der Waals surface area contributed by atoms with Gasteiger partial charge < -0.3 is 13.9 Å². The molecule has 1 fully saturated rings. The second-order valence-corrected chi connectivity index (χ2v) is 5.79. The van der Waals surface area contributed by atoms with Gasteiger partial charge in [0.05, 0.1) is 11.7 Å². The first-order chi connectivity index (χ1) is 10.1. The van der Waals surface area contributed by atoms with Crippen molar-refractivity contribution in [1.82, 2.24) is 15.2 Å². The maximum absolute atomic E-state index is 12.6. The van der Waals surface area contributed by atoms with Crippen LogP contribution in [0.15, 0.2) is 21.2 Å². The molecule has 0 saturated carbocycles. The Balaban J connectivity index is 1.82. The zero-order valence-corrected chi connectivity index (χ0v) is 12.5. The van der Waals surface area contributed by atoms with Crippen LogP contribution in [0.3, 0.4) is 0 Å². The van der Waals surface area contributed by atoms with E-state index in [1.165, 1.54) is 0 Å². The van der Waals surface area contributed by atoms with Crippen molar-refractivity contribution in [3.63, 3.8) is 0 Å². The van der Waals surface area contributed by atoms with Crippen molar-refractivity contribution in [1.29, 1.82) is 0 Å². The lowest BCUT2D eigenvalue weighted by atomic mass is 10.1. The zero-order chi connectivity index (χ0) is 15.0. The number of rotatable bonds is 3. The SMILES string of the molecule is Cc1cc(C2CCCN2C(=O)c2cc(C(C)C)no2)no1. The Hall–Kier alpha value is -2.11. The van der Waals surface area contributed by atoms with Gasteiger partial charge in [-0.15, -0.1) is 0 Å². The third kappa shape index (κ3) is 2.57. The van der Waals surface area contributed by atoms with Crippen LogP contribution in [0.1, 0.15) is 66.4 Å². The first kappa shape index (κ1) is 13.9. The maximum atomic E-state index is 12.6. The van der Waals surface area contributed by atoms with Gasteiger partial charge in [-0.2, -0.15) is 0 Å². The predicted molar refractivity (Wildman–Crippen MR) is 74.8 cm³/mol. The summed E-state index contributed by atoms with van der Waals surface area (Å²) >= 11 is 0. The normalized spacial score (nSPS) is 18.7. The minimum absolute atomic E-state index is 0.0393. The molecule has 3 heterocycles. The van der Waals surface area contributed by atoms with E-state index < -0.39 is 0 Å². The lowest BCUT2D eigenvalue weighted by Crippen LogP contribution is -2.30. The largest absolute Gasteiger partial charge is 0.361 e. The quantitative estimate of drug-likeness (QED) is 0.868. The van der Waals surface area contributed by atoms with E-state index in [1.807, 2.05) is 26.8 Å². The first-order valence-corrected chi connectivity index (χ1v) is 7.27. The van der Waals surface area contributed by atoms with Crippen LogP contribution in [0.2, 0.25) is 0 Å². The molecule has 1 amide bonds. The van der Waals surface area contributed by atoms with Gasteiger partial charge in [-0.25, -0.2) is 0 Å². The molecular formula is C15H19N3O3. The second-order valence-electron chi connectivity index (χ2n) is 5.79. The van der Waals surface area contributed by atoms with Crippen LogP contribution in [-0.2, 0) is 0 Å². The van der Waals surface area contributed by atoms with E-state index in [9.17, 15) is 4.79 Å². The smallest absolute Gasteiger partial charge is 0.293 e. The van der Waals surface area contributed by atoms with Gasteiger partial charge in [0.2, 0.25) is 5.76 Å². The summed E-state index contributed by atoms with van der Waals surface area (Å²) in [5, 5.41) is 8.00. The lowest BCUT2D eigenvalue weighted by Gasteiger charge is -2.21. The summed E-state index contributed by atoms with van der Waals surface area (Å²) in [5.74, 6) is 1.16. The van der Waals surface area contributed by atoms with Gasteiger partial charge in [0.1, 0.15) is 11.5 Å². The van der Waals surface area contributed by atoms with Crippen LogP contribution in [0.25, 0.3) is 0 Å². The highest BCUT2D eigenvalue weighted by molar-refractivity contribution is 5.92. The molecule has 2 aromatic heterocycles. The van der Waals surface area contributed by atoms with Gasteiger partial charge in [-0.3, -0.25) is 4.79 Å². The van der Waals surface area contributed by atoms with Crippen molar-refractivity contribution in [2.75, 3.05) is 6.54 Å². The summed E-state index contributed by atoms with van der Waals surface area (Å²) < 4.78 is 10.3. The standard InChI is InChI=1S/C15H19N3O3/c1-9(2)11-8-14(21-16-11)15(19)18-6-4-5-13(18)12-7-10(3)20-17-12/h7-9,13H,4-6H2,1-3H3. The number of hydrogen-bond donors (Lipinski definition) is 0. The average Bonchev–Trinajstić information content (AvgIpc) is 3.17. The number of amides is 1. The third-order valence-electron chi connectivity index (χ3n) is 3.83. The van der Waals surface area contributed by atoms with Crippen LogP contribution in [0, 0.1) is 6.92 Å². The molecule has 0 N–H and O–H groups in total. The molecule has 1 atom stereocenters. The topological polar surface area (TPSA) is 72.4 Å². The Morgan fingerprint density at radius 1 is 1.33 bits per heavy atom. The highest BCUT2D eigenvalue weighted by Gasteiger charge is 2.34. The van der Waals surface area contributed by atoms with Crippen molar-refractivity contribution in [3.05, 3.63) is 35.0 Å². The lowest BCUT2D eigenvalue weighted by molar-refractivity contribution is 0.0688. The summed E-state index contributed by atoms with van der Waals surface area (Å²) in [5.41, 5.74) is 1.60. The van der Waals surface area contributed by atoms with E-state index in [4.69, 9.17) is 9.05 Å². The molecule has 112 valence electrons. The Morgan fingerprint density at radius 3 is 2.76 bits per heavy atom. The Morgan fingerprint density at radius 2 is 2.14 bits per heavy atom. The van der Waals surface area contributed by atoms with Gasteiger partial charge in [-0.05, 0) is 25.7 Å². The summed E-state index contributed by atoms with van der Waals surface area (Å²) in [4.78, 5) is 14.4. The van der Waals surface area contributed by atoms with E-state index in [2.05, 4.69) is 10.3 Å². The Labute approximate surface area is 123 Å². The fourth-order valence-electron chi connectivity index (χ4n) is 2.66. The molecule has 0 bridgehead atoms. The van der Waals surface area contributed by atoms with Crippen LogP contribution in [0.5, 0.6) is 0 Å². The third-order valence-corrected chi connectivity index (χ3v) is 3.83. The van der Waals surface area contributed by atoms with E-state index >= 15 is 0 Å². The van der Waals surface area contributed by atoms with Crippen molar-refractivity contribution in [3.8, 4) is 0 Å². The molecule has 1 aliphatic heterocycles. The van der Waals surface area contributed by atoms with Crippen LogP contribution in [-0.4, -0.2) is 27.7 Å². The molecule has 3 rings (SSSR count). The van der Waals surface area contributed by atoms with E-state index in [1.54, 1.807) is 11.0 Å². The highest BCUT2D eigenvalue weighted by atomic mass is 16.5. The molecule has 6 nitrogen and oxygen atoms in total. The van der Waals surface area contributed by atoms with Crippen LogP contribution >= 0.6 is 0 Å². The van der Waals surface area contributed by atoms with Gasteiger partial charge in [0.15, 0.2) is 0 Å². The number of hydrogen-bond acceptors (Lipinski definition) is 5. The Bertz CT molecular complexity index is 644. The summed E-state index contributed by atoms with van der Waals surface area (Å²) in [6.07, 6.45) is 1.84. The molecule has 0 aromatic carbocycles. The molecule has 1 saturated heterocycles. The number of nitrogens with zero attached hydrogens (tertiary/aromatic N) is 3. The molecule has 0 spiro atoms. The molecule has 2 aromatic rings. The fourth-order valence-corrected chi connectivity index (χ4v) is 2.66. The molecule has 6 heteroatoms. The number of likely N-dealkylation sites (tertiary alicyclic amines) is 1. The molecular weight excluding hydrogens is 270 g/mol. The monoisotopic (exact) mass is 289 g/mol. The highest BCUT2D eigenvalue weighted by Crippen LogP contribution is 2.33. The molecule has 1 unspecified atom stereocenters. The van der Waals surface area contributed by atoms with Gasteiger partial charge >= 0.3 is 0 Å². The van der Waals surface area contributed by atoms with E-state index in [0.29, 0.717) is 12.3 Å². The summed E-state index contributed by atoms with van der Waals surface area (Å²) in [6, 6.07) is 3.58. The zero-order valence-electron chi connectivity index (χ0n) is 12.5. The fraction of sp³-hybridized carbons (Fsp3) is 0.533. The van der Waals surface area contributed by atoms with Crippen LogP contribution in [0.4, 0.5) is 0 Å². The van der Waals surface area contributed by atoms with Crippen LogP contribution < -0.4 is 0 Å². The average molecular weight is 289 g/mol. The van der Waals surface area contributed by atoms with E-state index in [-0.39, 0.29) is 17.9 Å². The summed E-state index contributed by atoms with van der Waals surface area (Å²) in [7, 11) is 0. The molecule has 1 aliphatic rings. The van der Waals surface area contributed by atoms with E-state index in [0.717, 1.165) is 30.0 Å². The minimum atomic E-state index is -0.127. The number of aromatic nitrogens is 2. The number of carbonyl (C=O) groups excluding carboxylic acids is 1. The molecule has 0 aliphatic carbocycles. The van der Waals surface area contributed by atoms with Crippen molar-refractivity contribution < 1.29 is 13.8 Å². The van der Waals surface area contributed by atoms with Crippen molar-refractivity contribution >= 4 is 5.91 Å². The predicted octanol–water partition coefficient (Wildman–Crippen LogP) is 3.07. The number of carbonyl (C=O) groups is 1. The van der Waals surface area contributed by atoms with Crippen molar-refractivity contribution in [2.24, 2.45) is 0 Å². The molecule has 21 heavy (non-hydrogen) atoms. The first-order valence-electron chi connectivity index (χ1n) is 7.27.